The van der Waals surface area contributed by atoms with Crippen LogP contribution in [0.2, 0.25) is 0 Å². The Balaban J connectivity index is 2.69. The van der Waals surface area contributed by atoms with Gasteiger partial charge in [0.25, 0.3) is 0 Å². The first-order chi connectivity index (χ1) is 9.51. The van der Waals surface area contributed by atoms with Crippen molar-refractivity contribution in [2.45, 2.75) is 52.2 Å². The molecule has 1 aliphatic rings. The molecule has 1 N–H and O–H groups in total. The number of carbonyl (C=O) groups is 2. The fourth-order valence-electron chi connectivity index (χ4n) is 2.21. The van der Waals surface area contributed by atoms with Gasteiger partial charge in [-0.3, -0.25) is 0 Å². The van der Waals surface area contributed by atoms with Gasteiger partial charge >= 0.3 is 12.0 Å². The standard InChI is InChI=1S/C14H26N2O4/c1-4-6-7-16(11(3)5-2)14(19)15-8-9-20-12(10-15)13(17)18/h11-12H,4-10H2,1-3H3,(H,17,18). The quantitative estimate of drug-likeness (QED) is 0.808. The van der Waals surface area contributed by atoms with Crippen LogP contribution in [0.25, 0.3) is 0 Å². The zero-order valence-electron chi connectivity index (χ0n) is 12.7. The molecule has 0 radical (unpaired) electrons. The summed E-state index contributed by atoms with van der Waals surface area (Å²) >= 11 is 0. The smallest absolute Gasteiger partial charge is 0.334 e. The molecule has 0 spiro atoms. The van der Waals surface area contributed by atoms with Crippen LogP contribution in [0, 0.1) is 0 Å². The summed E-state index contributed by atoms with van der Waals surface area (Å²) in [5, 5.41) is 9.00. The minimum Gasteiger partial charge on any atom is -0.479 e. The molecule has 1 saturated heterocycles. The van der Waals surface area contributed by atoms with Crippen molar-refractivity contribution in [2.24, 2.45) is 0 Å². The summed E-state index contributed by atoms with van der Waals surface area (Å²) in [5.74, 6) is -1.01. The number of carbonyl (C=O) groups excluding carboxylic acids is 1. The van der Waals surface area contributed by atoms with Gasteiger partial charge < -0.3 is 19.6 Å². The lowest BCUT2D eigenvalue weighted by atomic mass is 10.2. The van der Waals surface area contributed by atoms with Gasteiger partial charge in [0.05, 0.1) is 13.2 Å². The Morgan fingerprint density at radius 3 is 2.70 bits per heavy atom. The lowest BCUT2D eigenvalue weighted by Crippen LogP contribution is -2.54. The molecule has 1 rings (SSSR count). The second-order valence-corrected chi connectivity index (χ2v) is 5.23. The fourth-order valence-corrected chi connectivity index (χ4v) is 2.21. The summed E-state index contributed by atoms with van der Waals surface area (Å²) in [6, 6.07) is 0.0996. The zero-order chi connectivity index (χ0) is 15.1. The van der Waals surface area contributed by atoms with Crippen LogP contribution in [-0.2, 0) is 9.53 Å². The Hall–Kier alpha value is -1.30. The number of hydrogen-bond donors (Lipinski definition) is 1. The van der Waals surface area contributed by atoms with Crippen LogP contribution in [0.1, 0.15) is 40.0 Å². The molecular weight excluding hydrogens is 260 g/mol. The van der Waals surface area contributed by atoms with E-state index in [1.54, 1.807) is 4.90 Å². The number of nitrogens with zero attached hydrogens (tertiary/aromatic N) is 2. The van der Waals surface area contributed by atoms with E-state index in [1.807, 2.05) is 11.8 Å². The first-order valence-electron chi connectivity index (χ1n) is 7.41. The number of unbranched alkanes of at least 4 members (excludes halogenated alkanes) is 1. The fraction of sp³-hybridized carbons (Fsp3) is 0.857. The molecule has 1 fully saturated rings. The van der Waals surface area contributed by atoms with E-state index in [0.717, 1.165) is 25.8 Å². The summed E-state index contributed by atoms with van der Waals surface area (Å²) in [6.07, 6.45) is 1.98. The number of aliphatic carboxylic acids is 1. The molecule has 2 unspecified atom stereocenters. The SMILES string of the molecule is CCCCN(C(=O)N1CCOC(C(=O)O)C1)C(C)CC. The van der Waals surface area contributed by atoms with Crippen LogP contribution in [0.3, 0.4) is 0 Å². The Labute approximate surface area is 120 Å². The Kier molecular flexibility index (Phi) is 6.78. The van der Waals surface area contributed by atoms with Crippen LogP contribution in [-0.4, -0.2) is 65.3 Å². The van der Waals surface area contributed by atoms with Crippen molar-refractivity contribution in [3.8, 4) is 0 Å². The minimum atomic E-state index is -1.01. The molecule has 1 aliphatic heterocycles. The first-order valence-corrected chi connectivity index (χ1v) is 7.41. The molecule has 1 heterocycles. The Morgan fingerprint density at radius 2 is 2.15 bits per heavy atom. The summed E-state index contributed by atoms with van der Waals surface area (Å²) in [6.45, 7) is 7.77. The highest BCUT2D eigenvalue weighted by Gasteiger charge is 2.32. The summed E-state index contributed by atoms with van der Waals surface area (Å²) in [4.78, 5) is 27.0. The van der Waals surface area contributed by atoms with E-state index >= 15 is 0 Å². The first kappa shape index (κ1) is 16.8. The molecule has 20 heavy (non-hydrogen) atoms. The largest absolute Gasteiger partial charge is 0.479 e. The predicted molar refractivity (Wildman–Crippen MR) is 75.7 cm³/mol. The van der Waals surface area contributed by atoms with Crippen molar-refractivity contribution in [3.63, 3.8) is 0 Å². The van der Waals surface area contributed by atoms with E-state index in [9.17, 15) is 9.59 Å². The van der Waals surface area contributed by atoms with Crippen molar-refractivity contribution in [2.75, 3.05) is 26.2 Å². The van der Waals surface area contributed by atoms with Gasteiger partial charge in [-0.1, -0.05) is 20.3 Å². The highest BCUT2D eigenvalue weighted by Crippen LogP contribution is 2.13. The highest BCUT2D eigenvalue weighted by atomic mass is 16.5. The number of carboxylic acids is 1. The Morgan fingerprint density at radius 1 is 1.45 bits per heavy atom. The monoisotopic (exact) mass is 286 g/mol. The third kappa shape index (κ3) is 4.37. The molecule has 0 aromatic carbocycles. The number of morpholine rings is 1. The molecular formula is C14H26N2O4. The summed E-state index contributed by atoms with van der Waals surface area (Å²) < 4.78 is 5.16. The molecule has 6 heteroatoms. The molecule has 2 amide bonds. The van der Waals surface area contributed by atoms with Crippen LogP contribution in [0.5, 0.6) is 0 Å². The van der Waals surface area contributed by atoms with Crippen molar-refractivity contribution < 1.29 is 19.4 Å². The van der Waals surface area contributed by atoms with Gasteiger partial charge in [0.1, 0.15) is 0 Å². The van der Waals surface area contributed by atoms with Crippen LogP contribution in [0.4, 0.5) is 4.79 Å². The van der Waals surface area contributed by atoms with Gasteiger partial charge in [-0.25, -0.2) is 9.59 Å². The van der Waals surface area contributed by atoms with E-state index in [0.29, 0.717) is 6.54 Å². The number of hydrogen-bond acceptors (Lipinski definition) is 3. The van der Waals surface area contributed by atoms with Gasteiger partial charge in [-0.15, -0.1) is 0 Å². The van der Waals surface area contributed by atoms with Crippen molar-refractivity contribution in [3.05, 3.63) is 0 Å². The zero-order valence-corrected chi connectivity index (χ0v) is 12.7. The molecule has 0 saturated carbocycles. The lowest BCUT2D eigenvalue weighted by molar-refractivity contribution is -0.154. The summed E-state index contributed by atoms with van der Waals surface area (Å²) in [7, 11) is 0. The van der Waals surface area contributed by atoms with Gasteiger partial charge in [-0.2, -0.15) is 0 Å². The van der Waals surface area contributed by atoms with Crippen molar-refractivity contribution in [1.82, 2.24) is 9.80 Å². The van der Waals surface area contributed by atoms with Gasteiger partial charge in [0.15, 0.2) is 6.10 Å². The number of carboxylic acid groups (broad SMARTS) is 1. The van der Waals surface area contributed by atoms with Crippen LogP contribution >= 0.6 is 0 Å². The van der Waals surface area contributed by atoms with Crippen LogP contribution < -0.4 is 0 Å². The second-order valence-electron chi connectivity index (χ2n) is 5.23. The number of amides is 2. The van der Waals surface area contributed by atoms with E-state index in [1.165, 1.54) is 0 Å². The average molecular weight is 286 g/mol. The van der Waals surface area contributed by atoms with E-state index in [2.05, 4.69) is 13.8 Å². The molecule has 0 bridgehead atoms. The number of ether oxygens (including phenoxy) is 1. The summed E-state index contributed by atoms with van der Waals surface area (Å²) in [5.41, 5.74) is 0. The molecule has 0 aliphatic carbocycles. The predicted octanol–water partition coefficient (Wildman–Crippen LogP) is 1.79. The third-order valence-corrected chi connectivity index (χ3v) is 3.73. The highest BCUT2D eigenvalue weighted by molar-refractivity contribution is 5.77. The normalized spacial score (nSPS) is 20.6. The van der Waals surface area contributed by atoms with Crippen molar-refractivity contribution in [1.29, 1.82) is 0 Å². The molecule has 2 atom stereocenters. The van der Waals surface area contributed by atoms with E-state index in [4.69, 9.17) is 9.84 Å². The average Bonchev–Trinajstić information content (AvgIpc) is 2.47. The van der Waals surface area contributed by atoms with Crippen LogP contribution in [0.15, 0.2) is 0 Å². The maximum Gasteiger partial charge on any atom is 0.334 e. The topological polar surface area (TPSA) is 70.1 Å². The number of urea groups is 1. The maximum atomic E-state index is 12.6. The van der Waals surface area contributed by atoms with Gasteiger partial charge in [0.2, 0.25) is 0 Å². The third-order valence-electron chi connectivity index (χ3n) is 3.73. The molecule has 6 nitrogen and oxygen atoms in total. The molecule has 0 aromatic heterocycles. The van der Waals surface area contributed by atoms with E-state index < -0.39 is 12.1 Å². The van der Waals surface area contributed by atoms with E-state index in [-0.39, 0.29) is 25.2 Å². The molecule has 116 valence electrons. The maximum absolute atomic E-state index is 12.6. The van der Waals surface area contributed by atoms with Gasteiger partial charge in [0, 0.05) is 19.1 Å². The second kappa shape index (κ2) is 8.09. The lowest BCUT2D eigenvalue weighted by Gasteiger charge is -2.37. The Bertz CT molecular complexity index is 335. The number of rotatable bonds is 6. The van der Waals surface area contributed by atoms with Gasteiger partial charge in [-0.05, 0) is 19.8 Å². The van der Waals surface area contributed by atoms with Crippen molar-refractivity contribution >= 4 is 12.0 Å². The molecule has 0 aromatic rings. The minimum absolute atomic E-state index is 0.0673.